The molecule has 1 aromatic carbocycles. The summed E-state index contributed by atoms with van der Waals surface area (Å²) in [6.45, 7) is 3.47. The largest absolute Gasteiger partial charge is 0.467 e. The molecule has 0 saturated carbocycles. The number of methoxy groups -OCH3 is 1. The third-order valence-electron chi connectivity index (χ3n) is 3.20. The van der Waals surface area contributed by atoms with Gasteiger partial charge in [0.05, 0.1) is 13.3 Å². The van der Waals surface area contributed by atoms with E-state index in [1.54, 1.807) is 43.1 Å². The molecule has 0 spiro atoms. The first kappa shape index (κ1) is 14.0. The fourth-order valence-corrected chi connectivity index (χ4v) is 1.91. The lowest BCUT2D eigenvalue weighted by Crippen LogP contribution is -2.37. The molecule has 0 saturated heterocycles. The van der Waals surface area contributed by atoms with Gasteiger partial charge in [0.25, 0.3) is 0 Å². The number of esters is 1. The number of carbonyl (C=O) groups excluding carboxylic acids is 2. The highest BCUT2D eigenvalue weighted by molar-refractivity contribution is 5.79. The van der Waals surface area contributed by atoms with Gasteiger partial charge in [-0.25, -0.2) is 4.79 Å². The monoisotopic (exact) mass is 272 g/mol. The molecule has 1 heterocycles. The van der Waals surface area contributed by atoms with E-state index in [-0.39, 0.29) is 5.97 Å². The minimum absolute atomic E-state index is 0.367. The van der Waals surface area contributed by atoms with Crippen LogP contribution in [0.15, 0.2) is 36.7 Å². The number of hydrogen-bond acceptors (Lipinski definition) is 4. The van der Waals surface area contributed by atoms with E-state index in [1.165, 1.54) is 7.11 Å². The van der Waals surface area contributed by atoms with Crippen molar-refractivity contribution in [1.29, 1.82) is 0 Å². The minimum atomic E-state index is -0.880. The zero-order chi connectivity index (χ0) is 14.8. The third kappa shape index (κ3) is 2.47. The van der Waals surface area contributed by atoms with Crippen molar-refractivity contribution in [3.8, 4) is 11.1 Å². The standard InChI is InChI=1S/C15H16N2O3/c1-15(2,14(19)20-3)17-9-13(8-16-17)12-6-4-5-11(7-12)10-18/h4-10H,1-3H3. The number of benzene rings is 1. The molecule has 0 bridgehead atoms. The Balaban J connectivity index is 2.38. The first-order valence-electron chi connectivity index (χ1n) is 6.18. The normalized spacial score (nSPS) is 11.2. The Morgan fingerprint density at radius 1 is 1.35 bits per heavy atom. The van der Waals surface area contributed by atoms with Crippen molar-refractivity contribution in [3.63, 3.8) is 0 Å². The van der Waals surface area contributed by atoms with Gasteiger partial charge in [-0.05, 0) is 25.5 Å². The Kier molecular flexibility index (Phi) is 3.70. The van der Waals surface area contributed by atoms with E-state index in [0.29, 0.717) is 5.56 Å². The van der Waals surface area contributed by atoms with Crippen LogP contribution in [0, 0.1) is 0 Å². The van der Waals surface area contributed by atoms with E-state index in [0.717, 1.165) is 17.4 Å². The summed E-state index contributed by atoms with van der Waals surface area (Å²) in [5.41, 5.74) is 1.43. The maximum absolute atomic E-state index is 11.8. The van der Waals surface area contributed by atoms with Gasteiger partial charge in [0.15, 0.2) is 5.54 Å². The highest BCUT2D eigenvalue weighted by Crippen LogP contribution is 2.23. The molecule has 104 valence electrons. The van der Waals surface area contributed by atoms with Gasteiger partial charge in [0, 0.05) is 17.3 Å². The summed E-state index contributed by atoms with van der Waals surface area (Å²) in [6.07, 6.45) is 4.22. The topological polar surface area (TPSA) is 61.2 Å². The molecule has 20 heavy (non-hydrogen) atoms. The van der Waals surface area contributed by atoms with Gasteiger partial charge in [-0.3, -0.25) is 9.48 Å². The van der Waals surface area contributed by atoms with E-state index >= 15 is 0 Å². The second kappa shape index (κ2) is 5.28. The molecule has 0 unspecified atom stereocenters. The number of ether oxygens (including phenoxy) is 1. The highest BCUT2D eigenvalue weighted by Gasteiger charge is 2.31. The molecule has 1 aromatic heterocycles. The van der Waals surface area contributed by atoms with Gasteiger partial charge in [0.1, 0.15) is 6.29 Å². The van der Waals surface area contributed by atoms with E-state index in [1.807, 2.05) is 12.1 Å². The average Bonchev–Trinajstić information content (AvgIpc) is 2.97. The van der Waals surface area contributed by atoms with Gasteiger partial charge >= 0.3 is 5.97 Å². The van der Waals surface area contributed by atoms with Gasteiger partial charge in [-0.15, -0.1) is 0 Å². The van der Waals surface area contributed by atoms with Crippen molar-refractivity contribution in [2.75, 3.05) is 7.11 Å². The lowest BCUT2D eigenvalue weighted by atomic mass is 10.1. The second-order valence-corrected chi connectivity index (χ2v) is 4.97. The highest BCUT2D eigenvalue weighted by atomic mass is 16.5. The molecular formula is C15H16N2O3. The SMILES string of the molecule is COC(=O)C(C)(C)n1cc(-c2cccc(C=O)c2)cn1. The zero-order valence-electron chi connectivity index (χ0n) is 11.7. The van der Waals surface area contributed by atoms with Crippen LogP contribution in [0.3, 0.4) is 0 Å². The summed E-state index contributed by atoms with van der Waals surface area (Å²) in [6, 6.07) is 7.21. The van der Waals surface area contributed by atoms with Crippen molar-refractivity contribution in [2.45, 2.75) is 19.4 Å². The Morgan fingerprint density at radius 3 is 2.75 bits per heavy atom. The molecule has 0 aliphatic rings. The Hall–Kier alpha value is -2.43. The van der Waals surface area contributed by atoms with Crippen LogP contribution in [0.5, 0.6) is 0 Å². The Labute approximate surface area is 117 Å². The summed E-state index contributed by atoms with van der Waals surface area (Å²) in [5, 5.41) is 4.22. The molecule has 0 atom stereocenters. The summed E-state index contributed by atoms with van der Waals surface area (Å²) < 4.78 is 6.33. The van der Waals surface area contributed by atoms with Crippen LogP contribution in [-0.2, 0) is 15.1 Å². The molecule has 2 aromatic rings. The van der Waals surface area contributed by atoms with Crippen LogP contribution >= 0.6 is 0 Å². The van der Waals surface area contributed by atoms with Crippen LogP contribution in [0.1, 0.15) is 24.2 Å². The van der Waals surface area contributed by atoms with Gasteiger partial charge in [-0.2, -0.15) is 5.10 Å². The summed E-state index contributed by atoms with van der Waals surface area (Å²) in [4.78, 5) is 22.6. The lowest BCUT2D eigenvalue weighted by Gasteiger charge is -2.21. The second-order valence-electron chi connectivity index (χ2n) is 4.97. The molecule has 5 heteroatoms. The number of aldehydes is 1. The number of carbonyl (C=O) groups is 2. The molecule has 0 N–H and O–H groups in total. The van der Waals surface area contributed by atoms with Crippen molar-refractivity contribution in [2.24, 2.45) is 0 Å². The van der Waals surface area contributed by atoms with Crippen LogP contribution in [0.4, 0.5) is 0 Å². The van der Waals surface area contributed by atoms with E-state index in [2.05, 4.69) is 5.10 Å². The van der Waals surface area contributed by atoms with Crippen LogP contribution in [0.25, 0.3) is 11.1 Å². The number of rotatable bonds is 4. The summed E-state index contributed by atoms with van der Waals surface area (Å²) in [5.74, 6) is -0.367. The fourth-order valence-electron chi connectivity index (χ4n) is 1.91. The summed E-state index contributed by atoms with van der Waals surface area (Å²) >= 11 is 0. The maximum atomic E-state index is 11.8. The molecule has 5 nitrogen and oxygen atoms in total. The lowest BCUT2D eigenvalue weighted by molar-refractivity contribution is -0.150. The molecular weight excluding hydrogens is 256 g/mol. The quantitative estimate of drug-likeness (QED) is 0.632. The number of hydrogen-bond donors (Lipinski definition) is 0. The van der Waals surface area contributed by atoms with Crippen LogP contribution in [0.2, 0.25) is 0 Å². The molecule has 0 aliphatic carbocycles. The molecule has 2 rings (SSSR count). The molecule has 0 radical (unpaired) electrons. The molecule has 0 fully saturated rings. The average molecular weight is 272 g/mol. The van der Waals surface area contributed by atoms with Gasteiger partial charge in [-0.1, -0.05) is 18.2 Å². The van der Waals surface area contributed by atoms with Crippen molar-refractivity contribution in [3.05, 3.63) is 42.2 Å². The predicted octanol–water partition coefficient (Wildman–Crippen LogP) is 2.27. The van der Waals surface area contributed by atoms with Gasteiger partial charge in [0.2, 0.25) is 0 Å². The van der Waals surface area contributed by atoms with E-state index < -0.39 is 5.54 Å². The smallest absolute Gasteiger partial charge is 0.333 e. The molecule has 0 amide bonds. The first-order chi connectivity index (χ1) is 9.48. The van der Waals surface area contributed by atoms with Gasteiger partial charge < -0.3 is 4.74 Å². The fraction of sp³-hybridized carbons (Fsp3) is 0.267. The Bertz CT molecular complexity index is 644. The van der Waals surface area contributed by atoms with E-state index in [4.69, 9.17) is 4.74 Å². The third-order valence-corrected chi connectivity index (χ3v) is 3.20. The van der Waals surface area contributed by atoms with Crippen LogP contribution in [-0.4, -0.2) is 29.1 Å². The Morgan fingerprint density at radius 2 is 2.10 bits per heavy atom. The first-order valence-corrected chi connectivity index (χ1v) is 6.18. The van der Waals surface area contributed by atoms with E-state index in [9.17, 15) is 9.59 Å². The number of aromatic nitrogens is 2. The maximum Gasteiger partial charge on any atom is 0.333 e. The van der Waals surface area contributed by atoms with Crippen molar-refractivity contribution < 1.29 is 14.3 Å². The van der Waals surface area contributed by atoms with Crippen LogP contribution < -0.4 is 0 Å². The summed E-state index contributed by atoms with van der Waals surface area (Å²) in [7, 11) is 1.35. The zero-order valence-corrected chi connectivity index (χ0v) is 11.7. The molecule has 0 aliphatic heterocycles. The number of nitrogens with zero attached hydrogens (tertiary/aromatic N) is 2. The predicted molar refractivity (Wildman–Crippen MR) is 74.4 cm³/mol. The van der Waals surface area contributed by atoms with Crippen molar-refractivity contribution >= 4 is 12.3 Å². The van der Waals surface area contributed by atoms with Crippen molar-refractivity contribution in [1.82, 2.24) is 9.78 Å². The minimum Gasteiger partial charge on any atom is -0.467 e.